The summed E-state index contributed by atoms with van der Waals surface area (Å²) in [4.78, 5) is 21.2. The molecule has 0 aromatic carbocycles. The zero-order chi connectivity index (χ0) is 13.8. The second kappa shape index (κ2) is 5.92. The van der Waals surface area contributed by atoms with Gasteiger partial charge in [-0.2, -0.15) is 5.10 Å². The van der Waals surface area contributed by atoms with E-state index in [4.69, 9.17) is 0 Å². The van der Waals surface area contributed by atoms with Crippen molar-refractivity contribution >= 4 is 17.2 Å². The van der Waals surface area contributed by atoms with Crippen molar-refractivity contribution in [1.29, 1.82) is 0 Å². The van der Waals surface area contributed by atoms with Gasteiger partial charge in [-0.25, -0.2) is 14.6 Å². The minimum atomic E-state index is -0.128. The van der Waals surface area contributed by atoms with Gasteiger partial charge in [-0.1, -0.05) is 6.92 Å². The second-order valence-corrected chi connectivity index (χ2v) is 4.99. The number of aromatic nitrogens is 4. The lowest BCUT2D eigenvalue weighted by Crippen LogP contribution is -2.30. The maximum Gasteiger partial charge on any atom is 0.263 e. The van der Waals surface area contributed by atoms with Gasteiger partial charge in [0.25, 0.3) is 5.91 Å². The lowest BCUT2D eigenvalue weighted by Gasteiger charge is -2.16. The Morgan fingerprint density at radius 3 is 2.84 bits per heavy atom. The fourth-order valence-electron chi connectivity index (χ4n) is 1.88. The molecule has 1 N–H and O–H groups in total. The Morgan fingerprint density at radius 1 is 1.47 bits per heavy atom. The molecule has 2 heterocycles. The summed E-state index contributed by atoms with van der Waals surface area (Å²) < 4.78 is 1.80. The Kier molecular flexibility index (Phi) is 4.26. The van der Waals surface area contributed by atoms with Crippen LogP contribution >= 0.6 is 11.3 Å². The molecule has 2 aromatic rings. The van der Waals surface area contributed by atoms with E-state index in [1.165, 1.54) is 17.7 Å². The maximum absolute atomic E-state index is 12.2. The smallest absolute Gasteiger partial charge is 0.263 e. The molecule has 0 radical (unpaired) electrons. The van der Waals surface area contributed by atoms with Gasteiger partial charge in [-0.3, -0.25) is 4.79 Å². The molecule has 1 atom stereocenters. The molecule has 0 saturated heterocycles. The molecule has 0 saturated carbocycles. The van der Waals surface area contributed by atoms with Crippen molar-refractivity contribution in [3.63, 3.8) is 0 Å². The molecule has 0 spiro atoms. The molecule has 0 aliphatic rings. The summed E-state index contributed by atoms with van der Waals surface area (Å²) in [6.07, 6.45) is 2.29. The molecule has 7 heteroatoms. The highest BCUT2D eigenvalue weighted by Crippen LogP contribution is 2.17. The Balaban J connectivity index is 2.16. The van der Waals surface area contributed by atoms with Gasteiger partial charge in [0, 0.05) is 6.54 Å². The Morgan fingerprint density at radius 2 is 2.26 bits per heavy atom. The summed E-state index contributed by atoms with van der Waals surface area (Å²) in [7, 11) is 0. The fourth-order valence-corrected chi connectivity index (χ4v) is 2.58. The highest BCUT2D eigenvalue weighted by Gasteiger charge is 2.20. The van der Waals surface area contributed by atoms with Gasteiger partial charge in [0.1, 0.15) is 17.0 Å². The summed E-state index contributed by atoms with van der Waals surface area (Å²) in [6, 6.07) is -0.128. The first-order valence-electron chi connectivity index (χ1n) is 6.26. The summed E-state index contributed by atoms with van der Waals surface area (Å²) in [5.74, 6) is 0.693. The molecule has 0 aliphatic carbocycles. The highest BCUT2D eigenvalue weighted by molar-refractivity contribution is 7.11. The third kappa shape index (κ3) is 2.81. The minimum Gasteiger partial charge on any atom is -0.341 e. The lowest BCUT2D eigenvalue weighted by atomic mass is 10.2. The van der Waals surface area contributed by atoms with E-state index in [0.717, 1.165) is 24.5 Å². The Hall–Kier alpha value is -1.76. The molecule has 0 aliphatic heterocycles. The molecule has 102 valence electrons. The number of hydrogen-bond acceptors (Lipinski definition) is 5. The molecular formula is C12H17N5OS. The third-order valence-corrected chi connectivity index (χ3v) is 3.85. The van der Waals surface area contributed by atoms with Crippen LogP contribution in [-0.4, -0.2) is 25.7 Å². The first-order chi connectivity index (χ1) is 9.17. The second-order valence-electron chi connectivity index (χ2n) is 4.14. The predicted octanol–water partition coefficient (Wildman–Crippen LogP) is 1.94. The van der Waals surface area contributed by atoms with Crippen LogP contribution in [0.1, 0.15) is 47.5 Å². The monoisotopic (exact) mass is 279 g/mol. The van der Waals surface area contributed by atoms with Gasteiger partial charge >= 0.3 is 0 Å². The van der Waals surface area contributed by atoms with Gasteiger partial charge in [0.2, 0.25) is 0 Å². The molecular weight excluding hydrogens is 262 g/mol. The topological polar surface area (TPSA) is 72.7 Å². The molecule has 19 heavy (non-hydrogen) atoms. The molecule has 0 fully saturated rings. The molecule has 2 rings (SSSR count). The molecule has 0 bridgehead atoms. The number of nitrogens with zero attached hydrogens (tertiary/aromatic N) is 4. The van der Waals surface area contributed by atoms with E-state index in [9.17, 15) is 4.79 Å². The lowest BCUT2D eigenvalue weighted by molar-refractivity contribution is 0.0936. The fraction of sp³-hybridized carbons (Fsp3) is 0.500. The third-order valence-electron chi connectivity index (χ3n) is 2.92. The van der Waals surface area contributed by atoms with Crippen LogP contribution in [0, 0.1) is 6.92 Å². The zero-order valence-electron chi connectivity index (χ0n) is 11.3. The molecule has 0 unspecified atom stereocenters. The van der Waals surface area contributed by atoms with Crippen molar-refractivity contribution < 1.29 is 4.79 Å². The van der Waals surface area contributed by atoms with Gasteiger partial charge < -0.3 is 5.32 Å². The molecule has 2 aromatic heterocycles. The Bertz CT molecular complexity index is 562. The highest BCUT2D eigenvalue weighted by atomic mass is 32.1. The van der Waals surface area contributed by atoms with Crippen LogP contribution in [0.15, 0.2) is 11.8 Å². The van der Waals surface area contributed by atoms with Crippen LogP contribution in [0.2, 0.25) is 0 Å². The van der Waals surface area contributed by atoms with E-state index >= 15 is 0 Å². The average Bonchev–Trinajstić information content (AvgIpc) is 3.03. The average molecular weight is 279 g/mol. The van der Waals surface area contributed by atoms with Gasteiger partial charge in [0.15, 0.2) is 0 Å². The van der Waals surface area contributed by atoms with Crippen molar-refractivity contribution in [2.24, 2.45) is 0 Å². The van der Waals surface area contributed by atoms with Crippen molar-refractivity contribution in [3.8, 4) is 0 Å². The van der Waals surface area contributed by atoms with Gasteiger partial charge in [0.05, 0.1) is 17.2 Å². The first kappa shape index (κ1) is 13.7. The quantitative estimate of drug-likeness (QED) is 0.908. The van der Waals surface area contributed by atoms with Crippen LogP contribution in [0.3, 0.4) is 0 Å². The maximum atomic E-state index is 12.2. The van der Waals surface area contributed by atoms with Crippen molar-refractivity contribution in [3.05, 3.63) is 28.2 Å². The van der Waals surface area contributed by atoms with E-state index in [1.807, 2.05) is 20.8 Å². The summed E-state index contributed by atoms with van der Waals surface area (Å²) >= 11 is 1.35. The normalized spacial score (nSPS) is 12.4. The van der Waals surface area contributed by atoms with Crippen molar-refractivity contribution in [2.45, 2.75) is 39.8 Å². The van der Waals surface area contributed by atoms with Gasteiger partial charge in [-0.15, -0.1) is 11.3 Å². The number of carbonyl (C=O) groups excluding carboxylic acids is 1. The van der Waals surface area contributed by atoms with Crippen LogP contribution in [0.4, 0.5) is 0 Å². The number of nitrogens with one attached hydrogen (secondary N) is 1. The van der Waals surface area contributed by atoms with Crippen molar-refractivity contribution in [2.75, 3.05) is 0 Å². The Labute approximate surface area is 115 Å². The standard InChI is InChI=1S/C12H17N5OS/c1-4-9(11-13-6-15-17(11)5-2)16-12(18)10-8(3)14-7-19-10/h6-7,9H,4-5H2,1-3H3,(H,16,18)/t9-/m1/s1. The van der Waals surface area contributed by atoms with E-state index < -0.39 is 0 Å². The number of thiazole rings is 1. The molecule has 6 nitrogen and oxygen atoms in total. The van der Waals surface area contributed by atoms with Gasteiger partial charge in [-0.05, 0) is 20.3 Å². The summed E-state index contributed by atoms with van der Waals surface area (Å²) in [5, 5.41) is 7.13. The minimum absolute atomic E-state index is 0.0995. The van der Waals surface area contributed by atoms with E-state index in [1.54, 1.807) is 10.2 Å². The number of hydrogen-bond donors (Lipinski definition) is 1. The summed E-state index contributed by atoms with van der Waals surface area (Å²) in [6.45, 7) is 6.58. The van der Waals surface area contributed by atoms with Crippen LogP contribution in [0.5, 0.6) is 0 Å². The number of rotatable bonds is 5. The van der Waals surface area contributed by atoms with E-state index in [0.29, 0.717) is 4.88 Å². The van der Waals surface area contributed by atoms with Crippen LogP contribution in [-0.2, 0) is 6.54 Å². The number of carbonyl (C=O) groups is 1. The number of aryl methyl sites for hydroxylation is 2. The summed E-state index contributed by atoms with van der Waals surface area (Å²) in [5.41, 5.74) is 2.44. The molecule has 1 amide bonds. The largest absolute Gasteiger partial charge is 0.341 e. The van der Waals surface area contributed by atoms with Crippen LogP contribution < -0.4 is 5.32 Å². The van der Waals surface area contributed by atoms with E-state index in [2.05, 4.69) is 20.4 Å². The number of amides is 1. The SMILES string of the molecule is CC[C@@H](NC(=O)c1scnc1C)c1ncnn1CC. The van der Waals surface area contributed by atoms with Crippen molar-refractivity contribution in [1.82, 2.24) is 25.1 Å². The van der Waals surface area contributed by atoms with E-state index in [-0.39, 0.29) is 11.9 Å². The zero-order valence-corrected chi connectivity index (χ0v) is 12.1. The predicted molar refractivity (Wildman–Crippen MR) is 73.0 cm³/mol. The first-order valence-corrected chi connectivity index (χ1v) is 7.14. The van der Waals surface area contributed by atoms with Crippen LogP contribution in [0.25, 0.3) is 0 Å².